The average Bonchev–Trinajstić information content (AvgIpc) is 3.37. The van der Waals surface area contributed by atoms with Crippen LogP contribution in [0.1, 0.15) is 23.6 Å². The van der Waals surface area contributed by atoms with Gasteiger partial charge in [-0.05, 0) is 29.7 Å². The smallest absolute Gasteiger partial charge is 0.316 e. The summed E-state index contributed by atoms with van der Waals surface area (Å²) in [6.07, 6.45) is 1.68. The van der Waals surface area contributed by atoms with Crippen molar-refractivity contribution in [3.63, 3.8) is 0 Å². The van der Waals surface area contributed by atoms with Gasteiger partial charge in [-0.25, -0.2) is 9.38 Å². The van der Waals surface area contributed by atoms with E-state index < -0.39 is 30.6 Å². The Morgan fingerprint density at radius 3 is 1.93 bits per heavy atom. The summed E-state index contributed by atoms with van der Waals surface area (Å²) in [6.45, 7) is 6.88. The maximum absolute atomic E-state index is 13.2. The minimum Gasteiger partial charge on any atom is -0.467 e. The van der Waals surface area contributed by atoms with E-state index in [1.165, 1.54) is 14.0 Å². The molecule has 0 radical (unpaired) electrons. The molecule has 4 rings (SSSR count). The number of hydrogen-bond donors (Lipinski definition) is 0. The number of benzene rings is 3. The van der Waals surface area contributed by atoms with Gasteiger partial charge in [0, 0.05) is 6.21 Å². The summed E-state index contributed by atoms with van der Waals surface area (Å²) < 4.78 is 43.9. The maximum atomic E-state index is 13.2. The molecule has 0 N–H and O–H groups in total. The van der Waals surface area contributed by atoms with Gasteiger partial charge in [-0.1, -0.05) is 104 Å². The first-order valence-electron chi connectivity index (χ1n) is 14.3. The van der Waals surface area contributed by atoms with Gasteiger partial charge in [0.1, 0.15) is 30.6 Å². The topological polar surface area (TPSA) is 70.9 Å². The van der Waals surface area contributed by atoms with Crippen LogP contribution in [0.3, 0.4) is 0 Å². The molecule has 1 fully saturated rings. The number of hydrogen-bond acceptors (Lipinski definition) is 6. The zero-order valence-electron chi connectivity index (χ0n) is 24.6. The molecule has 0 bridgehead atoms. The molecule has 226 valence electrons. The molecule has 1 aliphatic rings. The van der Waals surface area contributed by atoms with Crippen LogP contribution >= 0.6 is 0 Å². The lowest BCUT2D eigenvalue weighted by Crippen LogP contribution is -2.38. The van der Waals surface area contributed by atoms with Gasteiger partial charge >= 0.3 is 6.02 Å². The molecular weight excluding hydrogens is 547 g/mol. The standard InChI is InChI=1S/C35H39FN2O5/c1-26(36)21-37-35(39-3)38-27(2)19-20-31-33(41-23-29-15-9-5-10-16-29)34(42-24-30-17-11-6-12-18-30)32(43-31)25-40-22-28-13-7-4-8-14-28/h4-21,26,31-34H,2,22-25H2,1,3H3/b20-19+,37-21-,38-35+/t26?,31-,32+,33-,34+/m0/s1. The van der Waals surface area contributed by atoms with E-state index in [0.717, 1.165) is 22.9 Å². The van der Waals surface area contributed by atoms with Crippen molar-refractivity contribution < 1.29 is 28.1 Å². The number of halogens is 1. The molecule has 8 heteroatoms. The third-order valence-electron chi connectivity index (χ3n) is 6.60. The minimum absolute atomic E-state index is 0.000345. The first-order chi connectivity index (χ1) is 21.0. The second-order valence-electron chi connectivity index (χ2n) is 10.1. The lowest BCUT2D eigenvalue weighted by Gasteiger charge is -2.24. The van der Waals surface area contributed by atoms with Crippen LogP contribution in [0.4, 0.5) is 4.39 Å². The van der Waals surface area contributed by atoms with Crippen molar-refractivity contribution in [2.24, 2.45) is 9.98 Å². The van der Waals surface area contributed by atoms with Crippen molar-refractivity contribution in [3.8, 4) is 0 Å². The molecule has 0 saturated carbocycles. The average molecular weight is 587 g/mol. The molecule has 1 heterocycles. The van der Waals surface area contributed by atoms with Gasteiger partial charge in [-0.15, -0.1) is 0 Å². The van der Waals surface area contributed by atoms with E-state index in [-0.39, 0.29) is 6.02 Å². The van der Waals surface area contributed by atoms with Crippen LogP contribution in [0.2, 0.25) is 0 Å². The van der Waals surface area contributed by atoms with Gasteiger partial charge in [0.05, 0.1) is 39.2 Å². The summed E-state index contributed by atoms with van der Waals surface area (Å²) in [7, 11) is 1.41. The summed E-state index contributed by atoms with van der Waals surface area (Å²) in [5.74, 6) is 0. The van der Waals surface area contributed by atoms with Crippen molar-refractivity contribution in [1.82, 2.24) is 0 Å². The van der Waals surface area contributed by atoms with Crippen molar-refractivity contribution in [2.45, 2.75) is 57.3 Å². The van der Waals surface area contributed by atoms with Crippen LogP contribution in [-0.4, -0.2) is 56.5 Å². The monoisotopic (exact) mass is 586 g/mol. The van der Waals surface area contributed by atoms with Crippen molar-refractivity contribution in [3.05, 3.63) is 132 Å². The number of ether oxygens (including phenoxy) is 5. The van der Waals surface area contributed by atoms with Crippen LogP contribution in [0.5, 0.6) is 0 Å². The molecule has 1 saturated heterocycles. The van der Waals surface area contributed by atoms with Gasteiger partial charge in [-0.3, -0.25) is 0 Å². The Morgan fingerprint density at radius 2 is 1.40 bits per heavy atom. The Balaban J connectivity index is 1.54. The van der Waals surface area contributed by atoms with E-state index in [1.807, 2.05) is 97.1 Å². The Morgan fingerprint density at radius 1 is 0.860 bits per heavy atom. The van der Waals surface area contributed by atoms with E-state index in [9.17, 15) is 4.39 Å². The highest BCUT2D eigenvalue weighted by atomic mass is 19.1. The quantitative estimate of drug-likeness (QED) is 0.120. The minimum atomic E-state index is -1.23. The molecule has 0 amide bonds. The first kappa shape index (κ1) is 32.0. The van der Waals surface area contributed by atoms with E-state index in [1.54, 1.807) is 6.08 Å². The lowest BCUT2D eigenvalue weighted by molar-refractivity contribution is -0.0896. The van der Waals surface area contributed by atoms with Gasteiger partial charge in [-0.2, -0.15) is 4.99 Å². The number of nitrogens with zero attached hydrogens (tertiary/aromatic N) is 2. The Kier molecular flexibility index (Phi) is 12.8. The molecule has 0 aromatic heterocycles. The second-order valence-corrected chi connectivity index (χ2v) is 10.1. The fraction of sp³-hybridized carbons (Fsp3) is 0.314. The fourth-order valence-electron chi connectivity index (χ4n) is 4.50. The first-order valence-corrected chi connectivity index (χ1v) is 14.3. The molecular formula is C35H39FN2O5. The number of methoxy groups -OCH3 is 1. The normalized spacial score (nSPS) is 21.4. The number of amidine groups is 1. The van der Waals surface area contributed by atoms with Crippen LogP contribution in [0.25, 0.3) is 0 Å². The molecule has 43 heavy (non-hydrogen) atoms. The van der Waals surface area contributed by atoms with Crippen LogP contribution < -0.4 is 0 Å². The predicted octanol–water partition coefficient (Wildman–Crippen LogP) is 6.64. The van der Waals surface area contributed by atoms with Gasteiger partial charge in [0.15, 0.2) is 0 Å². The highest BCUT2D eigenvalue weighted by Crippen LogP contribution is 2.30. The van der Waals surface area contributed by atoms with E-state index >= 15 is 0 Å². The molecule has 0 aliphatic carbocycles. The molecule has 5 atom stereocenters. The summed E-state index contributed by atoms with van der Waals surface area (Å²) >= 11 is 0. The SMILES string of the molecule is C=C(/C=C/[C@@H]1O[C@H](COCc2ccccc2)[C@@H](OCc2ccccc2)[C@H]1OCc1ccccc1)/N=C(\N=C/C(C)F)OC. The number of alkyl halides is 1. The lowest BCUT2D eigenvalue weighted by atomic mass is 10.1. The largest absolute Gasteiger partial charge is 0.467 e. The zero-order valence-corrected chi connectivity index (χ0v) is 24.6. The molecule has 7 nitrogen and oxygen atoms in total. The van der Waals surface area contributed by atoms with Crippen LogP contribution in [0.15, 0.2) is 125 Å². The van der Waals surface area contributed by atoms with Gasteiger partial charge in [0.25, 0.3) is 0 Å². The van der Waals surface area contributed by atoms with Crippen LogP contribution in [0, 0.1) is 0 Å². The molecule has 3 aromatic carbocycles. The molecule has 3 aromatic rings. The van der Waals surface area contributed by atoms with Crippen molar-refractivity contribution in [2.75, 3.05) is 13.7 Å². The third kappa shape index (κ3) is 10.7. The van der Waals surface area contributed by atoms with Crippen molar-refractivity contribution in [1.29, 1.82) is 0 Å². The number of allylic oxidation sites excluding steroid dienone is 1. The number of rotatable bonds is 14. The maximum Gasteiger partial charge on any atom is 0.316 e. The van der Waals surface area contributed by atoms with Gasteiger partial charge in [0.2, 0.25) is 0 Å². The third-order valence-corrected chi connectivity index (χ3v) is 6.60. The highest BCUT2D eigenvalue weighted by Gasteiger charge is 2.45. The van der Waals surface area contributed by atoms with Gasteiger partial charge < -0.3 is 23.7 Å². The Hall–Kier alpha value is -3.95. The Labute approximate surface area is 253 Å². The van der Waals surface area contributed by atoms with E-state index in [2.05, 4.69) is 16.6 Å². The Bertz CT molecular complexity index is 1330. The van der Waals surface area contributed by atoms with E-state index in [4.69, 9.17) is 23.7 Å². The summed E-state index contributed by atoms with van der Waals surface area (Å²) in [4.78, 5) is 8.16. The molecule has 1 unspecified atom stereocenters. The fourth-order valence-corrected chi connectivity index (χ4v) is 4.50. The molecule has 0 spiro atoms. The predicted molar refractivity (Wildman–Crippen MR) is 167 cm³/mol. The summed E-state index contributed by atoms with van der Waals surface area (Å²) in [6, 6.07) is 29.9. The zero-order chi connectivity index (χ0) is 30.3. The van der Waals surface area contributed by atoms with Crippen LogP contribution in [-0.2, 0) is 43.5 Å². The molecule has 1 aliphatic heterocycles. The summed E-state index contributed by atoms with van der Waals surface area (Å²) in [5, 5.41) is 0. The highest BCUT2D eigenvalue weighted by molar-refractivity contribution is 5.85. The number of aliphatic imine (C=N–C) groups is 2. The van der Waals surface area contributed by atoms with Crippen molar-refractivity contribution >= 4 is 12.2 Å². The summed E-state index contributed by atoms with van der Waals surface area (Å²) in [5.41, 5.74) is 3.51. The second kappa shape index (κ2) is 17.2. The van der Waals surface area contributed by atoms with E-state index in [0.29, 0.717) is 32.1 Å².